The zero-order chi connectivity index (χ0) is 15.1. The summed E-state index contributed by atoms with van der Waals surface area (Å²) in [5.74, 6) is 0.167. The molecule has 21 heavy (non-hydrogen) atoms. The predicted molar refractivity (Wildman–Crippen MR) is 87.5 cm³/mol. The van der Waals surface area contributed by atoms with Gasteiger partial charge in [0.15, 0.2) is 10.8 Å². The molecule has 0 bridgehead atoms. The first kappa shape index (κ1) is 18.8. The summed E-state index contributed by atoms with van der Waals surface area (Å²) < 4.78 is 0. The molecule has 1 aliphatic carbocycles. The topological polar surface area (TPSA) is 33.5 Å². The molecule has 1 aromatic rings. The average Bonchev–Trinajstić information content (AvgIpc) is 3.13. The molecule has 2 rings (SSSR count). The number of carbonyl (C=O) groups excluding carboxylic acids is 1. The van der Waals surface area contributed by atoms with Gasteiger partial charge in [-0.15, -0.1) is 0 Å². The van der Waals surface area contributed by atoms with E-state index in [0.717, 1.165) is 29.7 Å². The minimum absolute atomic E-state index is 0. The van der Waals surface area contributed by atoms with Gasteiger partial charge in [-0.25, -0.2) is 4.85 Å². The van der Waals surface area contributed by atoms with E-state index in [0.29, 0.717) is 5.69 Å². The molecule has 1 fully saturated rings. The second kappa shape index (κ2) is 6.45. The zero-order valence-electron chi connectivity index (χ0n) is 13.4. The summed E-state index contributed by atoms with van der Waals surface area (Å²) >= 11 is 0. The van der Waals surface area contributed by atoms with Crippen LogP contribution < -0.4 is 5.32 Å². The number of nitrogens with one attached hydrogen (secondary N) is 1. The molecule has 0 unspecified atom stereocenters. The van der Waals surface area contributed by atoms with Crippen LogP contribution >= 0.6 is 7.26 Å². The number of hydrogen-bond acceptors (Lipinski definition) is 1. The molecule has 109 valence electrons. The van der Waals surface area contributed by atoms with Crippen LogP contribution in [0.4, 0.5) is 11.4 Å². The normalized spacial score (nSPS) is 15.6. The standard InChI is InChI=1S/C16H21N2OP.Y/c1-11-9-13(17-3)10-12(2)14(11)18-15(19)16(7-8-16)20(4,5)6;/h9-10H,7-8H2,1-2,4-6H3;/p+1. The van der Waals surface area contributed by atoms with Gasteiger partial charge in [-0.2, -0.15) is 0 Å². The minimum atomic E-state index is -1.21. The Labute approximate surface area is 153 Å². The van der Waals surface area contributed by atoms with E-state index in [4.69, 9.17) is 6.57 Å². The Morgan fingerprint density at radius 2 is 1.71 bits per heavy atom. The second-order valence-corrected chi connectivity index (χ2v) is 11.4. The van der Waals surface area contributed by atoms with Crippen molar-refractivity contribution in [2.24, 2.45) is 0 Å². The van der Waals surface area contributed by atoms with Gasteiger partial charge in [-0.1, -0.05) is 12.1 Å². The molecule has 0 spiro atoms. The first-order valence-corrected chi connectivity index (χ1v) is 9.96. The molecule has 1 amide bonds. The molecule has 1 N–H and O–H groups in total. The van der Waals surface area contributed by atoms with Crippen molar-refractivity contribution in [1.29, 1.82) is 0 Å². The van der Waals surface area contributed by atoms with Gasteiger partial charge < -0.3 is 5.32 Å². The summed E-state index contributed by atoms with van der Waals surface area (Å²) in [4.78, 5) is 16.1. The van der Waals surface area contributed by atoms with Crippen molar-refractivity contribution in [1.82, 2.24) is 0 Å². The van der Waals surface area contributed by atoms with E-state index >= 15 is 0 Å². The van der Waals surface area contributed by atoms with Crippen LogP contribution in [0.1, 0.15) is 24.0 Å². The SMILES string of the molecule is [C-]#[N+]c1cc(C)c(NC(=O)C2([P+](C)(C)C)CC2)c(C)c1.[Y]. The van der Waals surface area contributed by atoms with Crippen LogP contribution in [-0.2, 0) is 37.5 Å². The van der Waals surface area contributed by atoms with Crippen molar-refractivity contribution < 1.29 is 37.5 Å². The molecule has 1 saturated carbocycles. The maximum atomic E-state index is 12.7. The Morgan fingerprint density at radius 1 is 1.24 bits per heavy atom. The molecule has 0 aliphatic heterocycles. The summed E-state index contributed by atoms with van der Waals surface area (Å²) in [5, 5.41) is 3.00. The van der Waals surface area contributed by atoms with Crippen LogP contribution in [-0.4, -0.2) is 31.1 Å². The van der Waals surface area contributed by atoms with Gasteiger partial charge in [0.25, 0.3) is 5.91 Å². The third-order valence-electron chi connectivity index (χ3n) is 4.32. The maximum Gasteiger partial charge on any atom is 0.268 e. The average molecular weight is 378 g/mol. The molecule has 1 aromatic carbocycles. The molecular formula is C16H22N2OPY+. The van der Waals surface area contributed by atoms with Gasteiger partial charge in [0.2, 0.25) is 0 Å². The molecule has 5 heteroatoms. The summed E-state index contributed by atoms with van der Waals surface area (Å²) in [5.41, 5.74) is 3.43. The van der Waals surface area contributed by atoms with Crippen molar-refractivity contribution in [2.45, 2.75) is 31.8 Å². The predicted octanol–water partition coefficient (Wildman–Crippen LogP) is 4.23. The van der Waals surface area contributed by atoms with Crippen molar-refractivity contribution in [2.75, 3.05) is 25.3 Å². The van der Waals surface area contributed by atoms with E-state index in [-0.39, 0.29) is 43.8 Å². The van der Waals surface area contributed by atoms with Crippen molar-refractivity contribution in [3.63, 3.8) is 0 Å². The minimum Gasteiger partial charge on any atom is -0.322 e. The van der Waals surface area contributed by atoms with Crippen LogP contribution in [0.2, 0.25) is 0 Å². The number of amides is 1. The van der Waals surface area contributed by atoms with E-state index in [9.17, 15) is 4.79 Å². The van der Waals surface area contributed by atoms with Crippen molar-refractivity contribution >= 4 is 24.5 Å². The molecule has 0 heterocycles. The smallest absolute Gasteiger partial charge is 0.268 e. The summed E-state index contributed by atoms with van der Waals surface area (Å²) in [6.45, 7) is 17.7. The van der Waals surface area contributed by atoms with Crippen LogP contribution in [0.15, 0.2) is 12.1 Å². The number of anilines is 1. The quantitative estimate of drug-likeness (QED) is 0.620. The van der Waals surface area contributed by atoms with Crippen LogP contribution in [0.25, 0.3) is 4.85 Å². The van der Waals surface area contributed by atoms with Gasteiger partial charge in [-0.05, 0) is 25.0 Å². The van der Waals surface area contributed by atoms with Gasteiger partial charge in [0, 0.05) is 78.5 Å². The maximum absolute atomic E-state index is 12.7. The van der Waals surface area contributed by atoms with Crippen LogP contribution in [0.3, 0.4) is 0 Å². The van der Waals surface area contributed by atoms with Crippen molar-refractivity contribution in [3.8, 4) is 0 Å². The Morgan fingerprint density at radius 3 is 2.05 bits per heavy atom. The molecule has 0 atom stereocenters. The Hall–Kier alpha value is -0.286. The first-order chi connectivity index (χ1) is 9.21. The molecule has 1 radical (unpaired) electrons. The van der Waals surface area contributed by atoms with Gasteiger partial charge in [-0.3, -0.25) is 4.79 Å². The van der Waals surface area contributed by atoms with E-state index < -0.39 is 7.26 Å². The Bertz CT molecular complexity index is 587. The summed E-state index contributed by atoms with van der Waals surface area (Å²) in [6, 6.07) is 3.67. The first-order valence-electron chi connectivity index (χ1n) is 6.83. The number of nitrogens with zero attached hydrogens (tertiary/aromatic N) is 1. The second-order valence-electron chi connectivity index (χ2n) is 6.56. The monoisotopic (exact) mass is 378 g/mol. The largest absolute Gasteiger partial charge is 0.322 e. The van der Waals surface area contributed by atoms with E-state index in [1.807, 2.05) is 26.0 Å². The Balaban J connectivity index is 0.00000220. The zero-order valence-corrected chi connectivity index (χ0v) is 17.2. The third-order valence-corrected chi connectivity index (χ3v) is 7.53. The number of benzene rings is 1. The van der Waals surface area contributed by atoms with Crippen molar-refractivity contribution in [3.05, 3.63) is 34.7 Å². The van der Waals surface area contributed by atoms with Crippen LogP contribution in [0.5, 0.6) is 0 Å². The fraction of sp³-hybridized carbons (Fsp3) is 0.500. The number of hydrogen-bond donors (Lipinski definition) is 1. The fourth-order valence-electron chi connectivity index (χ4n) is 2.75. The van der Waals surface area contributed by atoms with E-state index in [1.165, 1.54) is 0 Å². The fourth-order valence-corrected chi connectivity index (χ4v) is 4.87. The molecule has 3 nitrogen and oxygen atoms in total. The molecule has 0 aromatic heterocycles. The number of rotatable bonds is 3. The Kier molecular flexibility index (Phi) is 5.76. The summed E-state index contributed by atoms with van der Waals surface area (Å²) in [7, 11) is -1.21. The van der Waals surface area contributed by atoms with E-state index in [1.54, 1.807) is 0 Å². The molecular weight excluding hydrogens is 356 g/mol. The van der Waals surface area contributed by atoms with Gasteiger partial charge in [0.05, 0.1) is 6.57 Å². The molecule has 0 saturated heterocycles. The summed E-state index contributed by atoms with van der Waals surface area (Å²) in [6.07, 6.45) is 2.02. The van der Waals surface area contributed by atoms with Gasteiger partial charge >= 0.3 is 0 Å². The van der Waals surface area contributed by atoms with Gasteiger partial charge in [0.1, 0.15) is 0 Å². The third kappa shape index (κ3) is 3.55. The number of carbonyl (C=O) groups is 1. The molecule has 1 aliphatic rings. The number of aryl methyl sites for hydroxylation is 2. The van der Waals surface area contributed by atoms with E-state index in [2.05, 4.69) is 30.2 Å². The van der Waals surface area contributed by atoms with Crippen LogP contribution in [0, 0.1) is 20.4 Å².